The Kier molecular flexibility index (Phi) is 5.49. The molecule has 1 aromatic heterocycles. The molecule has 3 aromatic rings. The molecular formula is C23H19ClF2N4O4. The third-order valence-corrected chi connectivity index (χ3v) is 6.38. The number of anilines is 1. The number of ether oxygens (including phenoxy) is 1. The lowest BCUT2D eigenvalue weighted by Gasteiger charge is -2.45. The first-order chi connectivity index (χ1) is 16.3. The van der Waals surface area contributed by atoms with Gasteiger partial charge in [0.1, 0.15) is 23.4 Å². The summed E-state index contributed by atoms with van der Waals surface area (Å²) in [6, 6.07) is 8.11. The monoisotopic (exact) mass is 488 g/mol. The number of hydrogen-bond donors (Lipinski definition) is 3. The normalized spacial score (nSPS) is 20.5. The van der Waals surface area contributed by atoms with Gasteiger partial charge in [-0.15, -0.1) is 0 Å². The first kappa shape index (κ1) is 22.3. The molecule has 1 saturated heterocycles. The van der Waals surface area contributed by atoms with Crippen molar-refractivity contribution >= 4 is 29.3 Å². The van der Waals surface area contributed by atoms with Crippen LogP contribution in [0.4, 0.5) is 19.3 Å². The van der Waals surface area contributed by atoms with Crippen molar-refractivity contribution < 1.29 is 28.2 Å². The number of fused-ring (bicyclic) bond motifs is 2. The summed E-state index contributed by atoms with van der Waals surface area (Å²) in [5.74, 6) is -1.50. The fourth-order valence-corrected chi connectivity index (χ4v) is 4.66. The van der Waals surface area contributed by atoms with E-state index in [2.05, 4.69) is 15.3 Å². The Bertz CT molecular complexity index is 1280. The summed E-state index contributed by atoms with van der Waals surface area (Å²) in [6.45, 7) is 0.260. The molecule has 3 heterocycles. The van der Waals surface area contributed by atoms with Gasteiger partial charge in [-0.1, -0.05) is 23.7 Å². The van der Waals surface area contributed by atoms with Crippen LogP contribution in [0.5, 0.6) is 0 Å². The molecule has 1 fully saturated rings. The average Bonchev–Trinajstić information content (AvgIpc) is 3.31. The molecule has 2 amide bonds. The number of aliphatic hydroxyl groups excluding tert-OH is 1. The van der Waals surface area contributed by atoms with Gasteiger partial charge < -0.3 is 19.7 Å². The zero-order chi connectivity index (χ0) is 24.0. The van der Waals surface area contributed by atoms with Crippen LogP contribution < -0.4 is 5.32 Å². The van der Waals surface area contributed by atoms with E-state index in [0.717, 1.165) is 0 Å². The summed E-state index contributed by atoms with van der Waals surface area (Å²) in [5, 5.41) is 12.9. The minimum atomic E-state index is -1.39. The second kappa shape index (κ2) is 8.37. The number of rotatable bonds is 3. The van der Waals surface area contributed by atoms with Crippen LogP contribution in [0.3, 0.4) is 0 Å². The van der Waals surface area contributed by atoms with E-state index >= 15 is 4.39 Å². The number of nitrogens with one attached hydrogen (secondary N) is 2. The van der Waals surface area contributed by atoms with Crippen molar-refractivity contribution in [3.63, 3.8) is 0 Å². The average molecular weight is 489 g/mol. The molecule has 2 aliphatic heterocycles. The third-order valence-electron chi connectivity index (χ3n) is 6.09. The third kappa shape index (κ3) is 3.78. The maximum absolute atomic E-state index is 15.0. The van der Waals surface area contributed by atoms with E-state index < -0.39 is 35.3 Å². The van der Waals surface area contributed by atoms with Crippen LogP contribution in [0.1, 0.15) is 46.4 Å². The summed E-state index contributed by atoms with van der Waals surface area (Å²) in [7, 11) is 0. The van der Waals surface area contributed by atoms with Crippen LogP contribution >= 0.6 is 11.6 Å². The van der Waals surface area contributed by atoms with Gasteiger partial charge in [0.25, 0.3) is 5.91 Å². The van der Waals surface area contributed by atoms with Crippen molar-refractivity contribution in [2.75, 3.05) is 18.4 Å². The molecule has 3 N–H and O–H groups in total. The molecule has 0 aliphatic carbocycles. The molecule has 8 nitrogen and oxygen atoms in total. The summed E-state index contributed by atoms with van der Waals surface area (Å²) in [5.41, 5.74) is -0.540. The van der Waals surface area contributed by atoms with Crippen molar-refractivity contribution in [3.05, 3.63) is 81.9 Å². The maximum atomic E-state index is 15.0. The molecule has 2 aromatic carbocycles. The van der Waals surface area contributed by atoms with Crippen molar-refractivity contribution in [2.24, 2.45) is 0 Å². The quantitative estimate of drug-likeness (QED) is 0.514. The summed E-state index contributed by atoms with van der Waals surface area (Å²) >= 11 is 5.99. The number of aromatic amines is 1. The number of likely N-dealkylation sites (tertiary alicyclic amines) is 1. The van der Waals surface area contributed by atoms with E-state index in [9.17, 15) is 19.1 Å². The largest absolute Gasteiger partial charge is 0.436 e. The SMILES string of the molecule is O=C1Nc2ccc(Cl)c(F)c2[C@@]2(CCCN(C(=O)c3cnc([C@H](O)c4ccc(F)cc4)[nH]3)C2)O1. The molecular weight excluding hydrogens is 470 g/mol. The van der Waals surface area contributed by atoms with Gasteiger partial charge in [0.05, 0.1) is 29.0 Å². The lowest BCUT2D eigenvalue weighted by Crippen LogP contribution is -2.53. The minimum absolute atomic E-state index is 0.0849. The standard InChI is InChI=1S/C23H19ClF2N4O4/c24-14-6-7-15-17(18(14)26)23(34-22(33)29-15)8-1-9-30(11-23)21(32)16-10-27-20(28-16)19(31)12-2-4-13(25)5-3-12/h2-7,10,19,31H,1,8-9,11H2,(H,27,28)(H,29,33)/t19-,23+/m1/s1. The van der Waals surface area contributed by atoms with Crippen LogP contribution in [-0.4, -0.2) is 45.1 Å². The van der Waals surface area contributed by atoms with E-state index in [0.29, 0.717) is 24.9 Å². The highest BCUT2D eigenvalue weighted by molar-refractivity contribution is 6.31. The number of benzene rings is 2. The van der Waals surface area contributed by atoms with Gasteiger partial charge in [-0.25, -0.2) is 18.6 Å². The van der Waals surface area contributed by atoms with E-state index in [1.54, 1.807) is 0 Å². The Morgan fingerprint density at radius 1 is 1.24 bits per heavy atom. The van der Waals surface area contributed by atoms with Gasteiger partial charge in [0.2, 0.25) is 0 Å². The number of hydrogen-bond acceptors (Lipinski definition) is 5. The smallest absolute Gasteiger partial charge is 0.412 e. The van der Waals surface area contributed by atoms with Gasteiger partial charge >= 0.3 is 6.09 Å². The molecule has 0 bridgehead atoms. The lowest BCUT2D eigenvalue weighted by molar-refractivity contribution is -0.0419. The number of amides is 2. The molecule has 11 heteroatoms. The zero-order valence-electron chi connectivity index (χ0n) is 17.6. The number of halogens is 3. The van der Waals surface area contributed by atoms with Gasteiger partial charge in [0.15, 0.2) is 11.4 Å². The van der Waals surface area contributed by atoms with E-state index in [1.165, 1.54) is 47.5 Å². The molecule has 0 radical (unpaired) electrons. The van der Waals surface area contributed by atoms with Crippen LogP contribution in [0, 0.1) is 11.6 Å². The van der Waals surface area contributed by atoms with Gasteiger partial charge in [-0.2, -0.15) is 0 Å². The Hall–Kier alpha value is -3.50. The number of H-pyrrole nitrogens is 1. The molecule has 2 aliphatic rings. The molecule has 0 unspecified atom stereocenters. The predicted molar refractivity (Wildman–Crippen MR) is 117 cm³/mol. The van der Waals surface area contributed by atoms with Crippen molar-refractivity contribution in [3.8, 4) is 0 Å². The number of aromatic nitrogens is 2. The zero-order valence-corrected chi connectivity index (χ0v) is 18.4. The fourth-order valence-electron chi connectivity index (χ4n) is 4.50. The molecule has 34 heavy (non-hydrogen) atoms. The number of piperidine rings is 1. The van der Waals surface area contributed by atoms with Crippen LogP contribution in [-0.2, 0) is 10.3 Å². The fraction of sp³-hybridized carbons (Fsp3) is 0.261. The van der Waals surface area contributed by atoms with Gasteiger partial charge in [0, 0.05) is 6.54 Å². The first-order valence-corrected chi connectivity index (χ1v) is 10.9. The Balaban J connectivity index is 1.41. The number of nitrogens with zero attached hydrogens (tertiary/aromatic N) is 2. The second-order valence-electron chi connectivity index (χ2n) is 8.26. The topological polar surface area (TPSA) is 108 Å². The van der Waals surface area contributed by atoms with E-state index in [-0.39, 0.29) is 34.3 Å². The van der Waals surface area contributed by atoms with Crippen LogP contribution in [0.15, 0.2) is 42.6 Å². The Morgan fingerprint density at radius 2 is 2.00 bits per heavy atom. The highest BCUT2D eigenvalue weighted by Crippen LogP contribution is 2.45. The van der Waals surface area contributed by atoms with Crippen LogP contribution in [0.2, 0.25) is 5.02 Å². The van der Waals surface area contributed by atoms with Gasteiger partial charge in [-0.3, -0.25) is 10.1 Å². The summed E-state index contributed by atoms with van der Waals surface area (Å²) in [4.78, 5) is 33.8. The minimum Gasteiger partial charge on any atom is -0.436 e. The van der Waals surface area contributed by atoms with Crippen molar-refractivity contribution in [2.45, 2.75) is 24.5 Å². The van der Waals surface area contributed by atoms with E-state index in [4.69, 9.17) is 16.3 Å². The van der Waals surface area contributed by atoms with Crippen molar-refractivity contribution in [1.82, 2.24) is 14.9 Å². The van der Waals surface area contributed by atoms with Crippen LogP contribution in [0.25, 0.3) is 0 Å². The van der Waals surface area contributed by atoms with E-state index in [1.807, 2.05) is 0 Å². The molecule has 0 saturated carbocycles. The van der Waals surface area contributed by atoms with Crippen molar-refractivity contribution in [1.29, 1.82) is 0 Å². The molecule has 176 valence electrons. The highest BCUT2D eigenvalue weighted by Gasteiger charge is 2.48. The Labute approximate surface area is 197 Å². The highest BCUT2D eigenvalue weighted by atomic mass is 35.5. The number of carbonyl (C=O) groups is 2. The lowest BCUT2D eigenvalue weighted by atomic mass is 9.83. The first-order valence-electron chi connectivity index (χ1n) is 10.5. The predicted octanol–water partition coefficient (Wildman–Crippen LogP) is 4.12. The Morgan fingerprint density at radius 3 is 2.76 bits per heavy atom. The number of carbonyl (C=O) groups excluding carboxylic acids is 2. The van der Waals surface area contributed by atoms with Gasteiger partial charge in [-0.05, 0) is 42.7 Å². The molecule has 5 rings (SSSR count). The summed E-state index contributed by atoms with van der Waals surface area (Å²) in [6.07, 6.45) is 0.110. The molecule has 1 spiro atoms. The second-order valence-corrected chi connectivity index (χ2v) is 8.67. The number of imidazole rings is 1. The maximum Gasteiger partial charge on any atom is 0.412 e. The summed E-state index contributed by atoms with van der Waals surface area (Å²) < 4.78 is 33.8. The number of aliphatic hydroxyl groups is 1. The molecule has 2 atom stereocenters.